The van der Waals surface area contributed by atoms with Gasteiger partial charge >= 0.3 is 0 Å². The SMILES string of the molecule is CCCCCCN1C(=O)C(c2ccc(C)c(C)c2)=C(N(CC)CCc2ccncc2)C1=O. The number of rotatable bonds is 11. The number of aromatic nitrogens is 1. The number of hydrogen-bond acceptors (Lipinski definition) is 4. The zero-order valence-corrected chi connectivity index (χ0v) is 19.9. The van der Waals surface area contributed by atoms with Gasteiger partial charge < -0.3 is 4.90 Å². The molecule has 0 saturated carbocycles. The number of aryl methyl sites for hydroxylation is 2. The summed E-state index contributed by atoms with van der Waals surface area (Å²) in [6.07, 6.45) is 8.48. The van der Waals surface area contributed by atoms with Crippen molar-refractivity contribution < 1.29 is 9.59 Å². The van der Waals surface area contributed by atoms with Gasteiger partial charge in [-0.25, -0.2) is 0 Å². The summed E-state index contributed by atoms with van der Waals surface area (Å²) >= 11 is 0. The predicted octanol–water partition coefficient (Wildman–Crippen LogP) is 4.92. The van der Waals surface area contributed by atoms with E-state index in [-0.39, 0.29) is 11.8 Å². The van der Waals surface area contributed by atoms with Gasteiger partial charge in [-0.1, -0.05) is 44.4 Å². The number of amides is 2. The molecule has 5 nitrogen and oxygen atoms in total. The maximum atomic E-state index is 13.5. The summed E-state index contributed by atoms with van der Waals surface area (Å²) in [6.45, 7) is 10.1. The van der Waals surface area contributed by atoms with E-state index in [1.54, 1.807) is 12.4 Å². The summed E-state index contributed by atoms with van der Waals surface area (Å²) in [5.41, 5.74) is 5.39. The first-order chi connectivity index (χ1) is 15.5. The van der Waals surface area contributed by atoms with Gasteiger partial charge in [-0.05, 0) is 68.0 Å². The van der Waals surface area contributed by atoms with Crippen LogP contribution in [0.4, 0.5) is 0 Å². The van der Waals surface area contributed by atoms with E-state index in [0.717, 1.165) is 43.2 Å². The molecule has 2 aromatic rings. The van der Waals surface area contributed by atoms with Crippen LogP contribution in [-0.4, -0.2) is 46.2 Å². The normalized spacial score (nSPS) is 13.9. The molecule has 0 fully saturated rings. The Balaban J connectivity index is 1.94. The predicted molar refractivity (Wildman–Crippen MR) is 129 cm³/mol. The summed E-state index contributed by atoms with van der Waals surface area (Å²) in [7, 11) is 0. The highest BCUT2D eigenvalue weighted by Gasteiger charge is 2.40. The summed E-state index contributed by atoms with van der Waals surface area (Å²) in [5.74, 6) is -0.316. The third-order valence-electron chi connectivity index (χ3n) is 6.29. The van der Waals surface area contributed by atoms with E-state index < -0.39 is 0 Å². The van der Waals surface area contributed by atoms with Crippen molar-refractivity contribution in [3.8, 4) is 0 Å². The molecule has 0 unspecified atom stereocenters. The highest BCUT2D eigenvalue weighted by atomic mass is 16.2. The van der Waals surface area contributed by atoms with Crippen LogP contribution in [0.25, 0.3) is 5.57 Å². The van der Waals surface area contributed by atoms with Crippen LogP contribution in [0.5, 0.6) is 0 Å². The molecule has 0 aliphatic carbocycles. The molecule has 0 saturated heterocycles. The summed E-state index contributed by atoms with van der Waals surface area (Å²) in [4.78, 5) is 34.6. The quantitative estimate of drug-likeness (QED) is 0.373. The molecule has 1 aromatic carbocycles. The number of hydrogen-bond donors (Lipinski definition) is 0. The van der Waals surface area contributed by atoms with Crippen LogP contribution in [0.1, 0.15) is 61.8 Å². The van der Waals surface area contributed by atoms with Crippen molar-refractivity contribution in [1.82, 2.24) is 14.8 Å². The van der Waals surface area contributed by atoms with Gasteiger partial charge in [0.15, 0.2) is 0 Å². The first-order valence-electron chi connectivity index (χ1n) is 11.8. The molecule has 1 aromatic heterocycles. The molecule has 2 heterocycles. The molecule has 1 aliphatic rings. The Labute approximate surface area is 192 Å². The number of pyridine rings is 1. The lowest BCUT2D eigenvalue weighted by molar-refractivity contribution is -0.137. The standard InChI is InChI=1S/C27H35N3O2/c1-5-7-8-9-17-30-26(31)24(23-11-10-20(3)21(4)19-23)25(27(30)32)29(6-2)18-14-22-12-15-28-16-13-22/h10-13,15-16,19H,5-9,14,17-18H2,1-4H3. The number of imide groups is 1. The lowest BCUT2D eigenvalue weighted by Crippen LogP contribution is -2.36. The topological polar surface area (TPSA) is 53.5 Å². The average molecular weight is 434 g/mol. The average Bonchev–Trinajstić information content (AvgIpc) is 3.04. The Morgan fingerprint density at radius 3 is 2.31 bits per heavy atom. The number of carbonyl (C=O) groups is 2. The lowest BCUT2D eigenvalue weighted by atomic mass is 9.99. The molecule has 2 amide bonds. The highest BCUT2D eigenvalue weighted by molar-refractivity contribution is 6.35. The number of unbranched alkanes of at least 4 members (excludes halogenated alkanes) is 3. The van der Waals surface area contributed by atoms with Gasteiger partial charge in [-0.3, -0.25) is 19.5 Å². The first-order valence-corrected chi connectivity index (χ1v) is 11.8. The van der Waals surface area contributed by atoms with Crippen molar-refractivity contribution >= 4 is 17.4 Å². The number of likely N-dealkylation sites (N-methyl/N-ethyl adjacent to an activating group) is 1. The zero-order chi connectivity index (χ0) is 23.1. The van der Waals surface area contributed by atoms with Crippen molar-refractivity contribution in [3.05, 3.63) is 70.7 Å². The maximum absolute atomic E-state index is 13.5. The fraction of sp³-hybridized carbons (Fsp3) is 0.444. The second-order valence-corrected chi connectivity index (χ2v) is 8.53. The molecule has 170 valence electrons. The van der Waals surface area contributed by atoms with Crippen LogP contribution in [0.15, 0.2) is 48.4 Å². The molecular weight excluding hydrogens is 398 g/mol. The molecule has 1 aliphatic heterocycles. The molecule has 0 bridgehead atoms. The Morgan fingerprint density at radius 2 is 1.66 bits per heavy atom. The van der Waals surface area contributed by atoms with Crippen molar-refractivity contribution in [2.24, 2.45) is 0 Å². The first kappa shape index (κ1) is 23.7. The molecule has 0 N–H and O–H groups in total. The fourth-order valence-electron chi connectivity index (χ4n) is 4.16. The van der Waals surface area contributed by atoms with E-state index in [1.807, 2.05) is 44.2 Å². The van der Waals surface area contributed by atoms with Crippen LogP contribution in [0.3, 0.4) is 0 Å². The third kappa shape index (κ3) is 5.26. The van der Waals surface area contributed by atoms with E-state index >= 15 is 0 Å². The Bertz CT molecular complexity index is 982. The van der Waals surface area contributed by atoms with Crippen LogP contribution >= 0.6 is 0 Å². The number of carbonyl (C=O) groups excluding carboxylic acids is 2. The summed E-state index contributed by atoms with van der Waals surface area (Å²) < 4.78 is 0. The second-order valence-electron chi connectivity index (χ2n) is 8.53. The van der Waals surface area contributed by atoms with Gasteiger partial charge in [0.25, 0.3) is 11.8 Å². The molecule has 0 atom stereocenters. The van der Waals surface area contributed by atoms with Gasteiger partial charge in [-0.2, -0.15) is 0 Å². The van der Waals surface area contributed by atoms with Gasteiger partial charge in [0.2, 0.25) is 0 Å². The molecule has 5 heteroatoms. The number of benzene rings is 1. The largest absolute Gasteiger partial charge is 0.366 e. The van der Waals surface area contributed by atoms with Crippen molar-refractivity contribution in [1.29, 1.82) is 0 Å². The third-order valence-corrected chi connectivity index (χ3v) is 6.29. The van der Waals surface area contributed by atoms with Crippen LogP contribution in [0.2, 0.25) is 0 Å². The molecule has 0 radical (unpaired) electrons. The van der Waals surface area contributed by atoms with E-state index in [1.165, 1.54) is 16.0 Å². The van der Waals surface area contributed by atoms with Crippen molar-refractivity contribution in [3.63, 3.8) is 0 Å². The van der Waals surface area contributed by atoms with Crippen LogP contribution in [-0.2, 0) is 16.0 Å². The van der Waals surface area contributed by atoms with E-state index in [4.69, 9.17) is 0 Å². The van der Waals surface area contributed by atoms with Crippen LogP contribution < -0.4 is 0 Å². The monoisotopic (exact) mass is 433 g/mol. The fourth-order valence-corrected chi connectivity index (χ4v) is 4.16. The minimum atomic E-state index is -0.160. The number of nitrogens with zero attached hydrogens (tertiary/aromatic N) is 3. The summed E-state index contributed by atoms with van der Waals surface area (Å²) in [5, 5.41) is 0. The Morgan fingerprint density at radius 1 is 0.906 bits per heavy atom. The molecule has 3 rings (SSSR count). The van der Waals surface area contributed by atoms with Crippen LogP contribution in [0, 0.1) is 13.8 Å². The van der Waals surface area contributed by atoms with E-state index in [9.17, 15) is 9.59 Å². The van der Waals surface area contributed by atoms with Gasteiger partial charge in [-0.15, -0.1) is 0 Å². The van der Waals surface area contributed by atoms with E-state index in [0.29, 0.717) is 30.9 Å². The molecule has 32 heavy (non-hydrogen) atoms. The molecule has 0 spiro atoms. The Kier molecular flexibility index (Phi) is 8.20. The van der Waals surface area contributed by atoms with Gasteiger partial charge in [0.1, 0.15) is 5.70 Å². The zero-order valence-electron chi connectivity index (χ0n) is 19.9. The maximum Gasteiger partial charge on any atom is 0.277 e. The Hall–Kier alpha value is -2.95. The van der Waals surface area contributed by atoms with Gasteiger partial charge in [0.05, 0.1) is 5.57 Å². The van der Waals surface area contributed by atoms with Crippen molar-refractivity contribution in [2.75, 3.05) is 19.6 Å². The van der Waals surface area contributed by atoms with E-state index in [2.05, 4.69) is 23.7 Å². The second kappa shape index (κ2) is 11.1. The lowest BCUT2D eigenvalue weighted by Gasteiger charge is -2.25. The minimum absolute atomic E-state index is 0.156. The summed E-state index contributed by atoms with van der Waals surface area (Å²) in [6, 6.07) is 10.0. The highest BCUT2D eigenvalue weighted by Crippen LogP contribution is 2.33. The van der Waals surface area contributed by atoms with Gasteiger partial charge in [0, 0.05) is 32.0 Å². The van der Waals surface area contributed by atoms with Crippen molar-refractivity contribution in [2.45, 2.75) is 59.8 Å². The molecular formula is C27H35N3O2. The minimum Gasteiger partial charge on any atom is -0.366 e. The smallest absolute Gasteiger partial charge is 0.277 e.